The van der Waals surface area contributed by atoms with Crippen LogP contribution in [0.2, 0.25) is 5.02 Å². The molecule has 5 heteroatoms. The van der Waals surface area contributed by atoms with E-state index in [1.54, 1.807) is 17.3 Å². The minimum absolute atomic E-state index is 0.434. The van der Waals surface area contributed by atoms with Gasteiger partial charge in [-0.05, 0) is 18.6 Å². The summed E-state index contributed by atoms with van der Waals surface area (Å²) in [5.41, 5.74) is 1.82. The lowest BCUT2D eigenvalue weighted by Crippen LogP contribution is -2.20. The van der Waals surface area contributed by atoms with Crippen molar-refractivity contribution in [3.63, 3.8) is 0 Å². The molecule has 0 bridgehead atoms. The maximum absolute atomic E-state index is 6.18. The molecule has 0 aromatic heterocycles. The summed E-state index contributed by atoms with van der Waals surface area (Å²) in [6.45, 7) is 2.47. The van der Waals surface area contributed by atoms with Gasteiger partial charge in [0.05, 0.1) is 5.71 Å². The fraction of sp³-hybridized carbons (Fsp3) is 0.231. The summed E-state index contributed by atoms with van der Waals surface area (Å²) in [6, 6.07) is 7.65. The van der Waals surface area contributed by atoms with E-state index >= 15 is 0 Å². The van der Waals surface area contributed by atoms with Crippen molar-refractivity contribution in [3.05, 3.63) is 46.1 Å². The molecule has 0 saturated carbocycles. The molecular weight excluding hydrogens is 269 g/mol. The molecule has 0 radical (unpaired) electrons. The molecule has 94 valence electrons. The van der Waals surface area contributed by atoms with Gasteiger partial charge in [-0.25, -0.2) is 5.01 Å². The van der Waals surface area contributed by atoms with Gasteiger partial charge in [0.2, 0.25) is 0 Å². The quantitative estimate of drug-likeness (QED) is 0.610. The molecule has 0 unspecified atom stereocenters. The fourth-order valence-electron chi connectivity index (χ4n) is 1.63. The van der Waals surface area contributed by atoms with Crippen LogP contribution in [0.15, 0.2) is 45.6 Å². The van der Waals surface area contributed by atoms with Gasteiger partial charge in [-0.3, -0.25) is 4.99 Å². The van der Waals surface area contributed by atoms with Crippen molar-refractivity contribution in [2.24, 2.45) is 10.1 Å². The number of benzene rings is 1. The standard InChI is InChI=1S/C13H13Cl2N3/c1-2-12(10-5-3-4-6-11(10)14)17-18-9-16-8-7-13(18)15/h3-8H,2,9H2,1H3/b17-12+. The number of hydrogen-bond acceptors (Lipinski definition) is 3. The van der Waals surface area contributed by atoms with Gasteiger partial charge >= 0.3 is 0 Å². The van der Waals surface area contributed by atoms with Gasteiger partial charge < -0.3 is 0 Å². The molecule has 1 aromatic rings. The minimum atomic E-state index is 0.434. The first kappa shape index (κ1) is 13.1. The van der Waals surface area contributed by atoms with Crippen molar-refractivity contribution in [2.75, 3.05) is 6.67 Å². The van der Waals surface area contributed by atoms with Crippen LogP contribution in [-0.2, 0) is 0 Å². The van der Waals surface area contributed by atoms with Crippen molar-refractivity contribution >= 4 is 35.1 Å². The zero-order valence-corrected chi connectivity index (χ0v) is 11.5. The first-order valence-electron chi connectivity index (χ1n) is 5.68. The molecule has 0 aliphatic carbocycles. The zero-order valence-electron chi connectivity index (χ0n) is 9.98. The summed E-state index contributed by atoms with van der Waals surface area (Å²) in [7, 11) is 0. The summed E-state index contributed by atoms with van der Waals surface area (Å²) in [4.78, 5) is 4.11. The summed E-state index contributed by atoms with van der Waals surface area (Å²) in [6.07, 6.45) is 4.16. The molecule has 0 atom stereocenters. The van der Waals surface area contributed by atoms with E-state index in [0.717, 1.165) is 17.7 Å². The Labute approximate surface area is 116 Å². The maximum atomic E-state index is 6.18. The molecule has 1 heterocycles. The summed E-state index contributed by atoms with van der Waals surface area (Å²) in [5, 5.41) is 7.43. The van der Waals surface area contributed by atoms with Gasteiger partial charge in [0.25, 0.3) is 0 Å². The third-order valence-electron chi connectivity index (χ3n) is 2.54. The van der Waals surface area contributed by atoms with Crippen molar-refractivity contribution in [2.45, 2.75) is 13.3 Å². The van der Waals surface area contributed by atoms with Crippen LogP contribution in [0.25, 0.3) is 0 Å². The highest BCUT2D eigenvalue weighted by Gasteiger charge is 2.11. The molecule has 0 amide bonds. The number of hydrazone groups is 1. The minimum Gasteiger partial charge on any atom is -0.270 e. The number of aliphatic imine (C=N–C) groups is 1. The predicted molar refractivity (Wildman–Crippen MR) is 77.4 cm³/mol. The zero-order chi connectivity index (χ0) is 13.0. The number of nitrogens with zero attached hydrogens (tertiary/aromatic N) is 3. The van der Waals surface area contributed by atoms with E-state index in [4.69, 9.17) is 23.2 Å². The van der Waals surface area contributed by atoms with Gasteiger partial charge in [-0.15, -0.1) is 0 Å². The highest BCUT2D eigenvalue weighted by atomic mass is 35.5. The lowest BCUT2D eigenvalue weighted by atomic mass is 10.1. The average Bonchev–Trinajstić information content (AvgIpc) is 2.39. The molecule has 0 N–H and O–H groups in total. The molecule has 3 nitrogen and oxygen atoms in total. The van der Waals surface area contributed by atoms with Crippen LogP contribution in [0.5, 0.6) is 0 Å². The Bertz CT molecular complexity index is 521. The van der Waals surface area contributed by atoms with Crippen LogP contribution < -0.4 is 0 Å². The number of allylic oxidation sites excluding steroid dienone is 1. The second kappa shape index (κ2) is 6.03. The number of rotatable bonds is 3. The summed E-state index contributed by atoms with van der Waals surface area (Å²) in [5.74, 6) is 0. The van der Waals surface area contributed by atoms with E-state index in [-0.39, 0.29) is 0 Å². The van der Waals surface area contributed by atoms with Crippen molar-refractivity contribution < 1.29 is 0 Å². The van der Waals surface area contributed by atoms with Gasteiger partial charge in [0.15, 0.2) is 0 Å². The Morgan fingerprint density at radius 2 is 2.17 bits per heavy atom. The third kappa shape index (κ3) is 2.92. The molecule has 0 fully saturated rings. The van der Waals surface area contributed by atoms with Crippen LogP contribution in [-0.4, -0.2) is 23.6 Å². The molecule has 0 saturated heterocycles. The van der Waals surface area contributed by atoms with Crippen LogP contribution in [0.1, 0.15) is 18.9 Å². The Kier molecular flexibility index (Phi) is 4.39. The second-order valence-electron chi connectivity index (χ2n) is 3.74. The fourth-order valence-corrected chi connectivity index (χ4v) is 2.02. The topological polar surface area (TPSA) is 28.0 Å². The SMILES string of the molecule is CC/C(=N\N1CN=CC=C1Cl)c1ccccc1Cl. The van der Waals surface area contributed by atoms with Crippen molar-refractivity contribution in [1.82, 2.24) is 5.01 Å². The lowest BCUT2D eigenvalue weighted by molar-refractivity contribution is 0.397. The largest absolute Gasteiger partial charge is 0.270 e. The van der Waals surface area contributed by atoms with Gasteiger partial charge in [-0.2, -0.15) is 5.10 Å². The lowest BCUT2D eigenvalue weighted by Gasteiger charge is -2.19. The van der Waals surface area contributed by atoms with E-state index in [1.165, 1.54) is 0 Å². The van der Waals surface area contributed by atoms with Crippen LogP contribution >= 0.6 is 23.2 Å². The molecule has 1 aromatic carbocycles. The Morgan fingerprint density at radius 3 is 2.83 bits per heavy atom. The monoisotopic (exact) mass is 281 g/mol. The van der Waals surface area contributed by atoms with E-state index < -0.39 is 0 Å². The third-order valence-corrected chi connectivity index (χ3v) is 3.19. The van der Waals surface area contributed by atoms with Gasteiger partial charge in [-0.1, -0.05) is 48.3 Å². The highest BCUT2D eigenvalue weighted by Crippen LogP contribution is 2.20. The first-order chi connectivity index (χ1) is 8.72. The van der Waals surface area contributed by atoms with Crippen LogP contribution in [0.3, 0.4) is 0 Å². The van der Waals surface area contributed by atoms with E-state index in [1.807, 2.05) is 31.2 Å². The Balaban J connectivity index is 2.32. The normalized spacial score (nSPS) is 15.8. The van der Waals surface area contributed by atoms with E-state index in [2.05, 4.69) is 10.1 Å². The number of halogens is 2. The highest BCUT2D eigenvalue weighted by molar-refractivity contribution is 6.34. The Morgan fingerprint density at radius 1 is 1.39 bits per heavy atom. The average molecular weight is 282 g/mol. The number of hydrogen-bond donors (Lipinski definition) is 0. The summed E-state index contributed by atoms with van der Waals surface area (Å²) < 4.78 is 0. The predicted octanol–water partition coefficient (Wildman–Crippen LogP) is 3.88. The van der Waals surface area contributed by atoms with E-state index in [0.29, 0.717) is 16.8 Å². The van der Waals surface area contributed by atoms with Gasteiger partial charge in [0, 0.05) is 16.8 Å². The summed E-state index contributed by atoms with van der Waals surface area (Å²) >= 11 is 12.2. The molecule has 18 heavy (non-hydrogen) atoms. The smallest absolute Gasteiger partial charge is 0.132 e. The maximum Gasteiger partial charge on any atom is 0.132 e. The second-order valence-corrected chi connectivity index (χ2v) is 4.54. The molecule has 0 spiro atoms. The first-order valence-corrected chi connectivity index (χ1v) is 6.43. The molecule has 2 rings (SSSR count). The van der Waals surface area contributed by atoms with Crippen molar-refractivity contribution in [1.29, 1.82) is 0 Å². The van der Waals surface area contributed by atoms with Crippen LogP contribution in [0.4, 0.5) is 0 Å². The molecule has 1 aliphatic heterocycles. The van der Waals surface area contributed by atoms with E-state index in [9.17, 15) is 0 Å². The van der Waals surface area contributed by atoms with Gasteiger partial charge in [0.1, 0.15) is 11.8 Å². The molecular formula is C13H13Cl2N3. The Hall–Kier alpha value is -1.32. The molecule has 1 aliphatic rings. The van der Waals surface area contributed by atoms with Crippen LogP contribution in [0, 0.1) is 0 Å². The van der Waals surface area contributed by atoms with Crippen molar-refractivity contribution in [3.8, 4) is 0 Å².